The van der Waals surface area contributed by atoms with Crippen molar-refractivity contribution >= 4 is 17.4 Å². The molecule has 3 N–H and O–H groups in total. The number of ether oxygens (including phenoxy) is 1. The van der Waals surface area contributed by atoms with E-state index in [9.17, 15) is 10.2 Å². The molecule has 0 fully saturated rings. The van der Waals surface area contributed by atoms with E-state index < -0.39 is 6.10 Å². The Balaban J connectivity index is 1.66. The average molecular weight is 391 g/mol. The molecule has 0 saturated carbocycles. The molecule has 2 rings (SSSR count). The van der Waals surface area contributed by atoms with Gasteiger partial charge in [-0.25, -0.2) is 0 Å². The zero-order chi connectivity index (χ0) is 19.6. The zero-order valence-electron chi connectivity index (χ0n) is 16.3. The highest BCUT2D eigenvalue weighted by atomic mass is 32.2. The highest BCUT2D eigenvalue weighted by molar-refractivity contribution is 7.98. The highest BCUT2D eigenvalue weighted by Gasteiger charge is 2.10. The van der Waals surface area contributed by atoms with Gasteiger partial charge in [0.25, 0.3) is 0 Å². The Morgan fingerprint density at radius 2 is 2.00 bits per heavy atom. The summed E-state index contributed by atoms with van der Waals surface area (Å²) in [6, 6.07) is 13.3. The molecule has 0 aliphatic rings. The summed E-state index contributed by atoms with van der Waals surface area (Å²) in [6.45, 7) is 2.33. The first kappa shape index (κ1) is 21.4. The fraction of sp³-hybridized carbons (Fsp3) is 0.429. The number of aliphatic hydroxyl groups excluding tert-OH is 1. The van der Waals surface area contributed by atoms with Gasteiger partial charge in [-0.05, 0) is 55.5 Å². The Morgan fingerprint density at radius 1 is 1.19 bits per heavy atom. The molecular formula is C21H30N2O3S. The number of thioether (sulfide) groups is 1. The number of methoxy groups -OCH3 is 1. The number of phenolic OH excluding ortho intramolecular Hbond substituents is 1. The van der Waals surface area contributed by atoms with Gasteiger partial charge in [0.1, 0.15) is 11.5 Å². The number of benzene rings is 2. The first-order valence-electron chi connectivity index (χ1n) is 9.16. The number of hydrogen-bond donors (Lipinski definition) is 3. The smallest absolute Gasteiger partial charge is 0.129 e. The van der Waals surface area contributed by atoms with Crippen LogP contribution in [0.2, 0.25) is 0 Å². The lowest BCUT2D eigenvalue weighted by Crippen LogP contribution is -2.24. The lowest BCUT2D eigenvalue weighted by molar-refractivity contribution is 0.174. The van der Waals surface area contributed by atoms with Gasteiger partial charge < -0.3 is 25.2 Å². The normalized spacial score (nSPS) is 12.0. The third-order valence-electron chi connectivity index (χ3n) is 4.52. The maximum Gasteiger partial charge on any atom is 0.129 e. The van der Waals surface area contributed by atoms with Crippen LogP contribution in [0.1, 0.15) is 24.5 Å². The molecule has 2 aromatic carbocycles. The fourth-order valence-electron chi connectivity index (χ4n) is 2.83. The maximum absolute atomic E-state index is 10.3. The molecule has 0 spiro atoms. The SMILES string of the molecule is COc1cccc(N(C)CCCCNCC(O)c2ccc(O)c(SC)c2)c1. The molecule has 0 aromatic heterocycles. The Bertz CT molecular complexity index is 712. The summed E-state index contributed by atoms with van der Waals surface area (Å²) in [5.74, 6) is 1.13. The molecule has 0 bridgehead atoms. The summed E-state index contributed by atoms with van der Waals surface area (Å²) in [5.41, 5.74) is 1.97. The summed E-state index contributed by atoms with van der Waals surface area (Å²) in [4.78, 5) is 3.00. The molecular weight excluding hydrogens is 360 g/mol. The Kier molecular flexibility index (Phi) is 8.78. The largest absolute Gasteiger partial charge is 0.507 e. The van der Waals surface area contributed by atoms with Gasteiger partial charge in [-0.2, -0.15) is 0 Å². The molecule has 1 atom stereocenters. The number of hydrogen-bond acceptors (Lipinski definition) is 6. The van der Waals surface area contributed by atoms with Crippen LogP contribution in [0.4, 0.5) is 5.69 Å². The van der Waals surface area contributed by atoms with Crippen LogP contribution in [0.15, 0.2) is 47.4 Å². The molecule has 0 radical (unpaired) electrons. The van der Waals surface area contributed by atoms with Crippen LogP contribution < -0.4 is 15.0 Å². The van der Waals surface area contributed by atoms with Crippen LogP contribution in [0.3, 0.4) is 0 Å². The second-order valence-corrected chi connectivity index (χ2v) is 7.33. The second kappa shape index (κ2) is 11.1. The van der Waals surface area contributed by atoms with Crippen molar-refractivity contribution in [2.24, 2.45) is 0 Å². The molecule has 0 heterocycles. The third-order valence-corrected chi connectivity index (χ3v) is 5.28. The van der Waals surface area contributed by atoms with E-state index in [1.807, 2.05) is 30.5 Å². The first-order valence-corrected chi connectivity index (χ1v) is 10.4. The molecule has 0 aliphatic heterocycles. The molecule has 2 aromatic rings. The van der Waals surface area contributed by atoms with Crippen LogP contribution in [0.5, 0.6) is 11.5 Å². The van der Waals surface area contributed by atoms with E-state index in [-0.39, 0.29) is 5.75 Å². The number of phenols is 1. The van der Waals surface area contributed by atoms with Crippen molar-refractivity contribution in [3.05, 3.63) is 48.0 Å². The Morgan fingerprint density at radius 3 is 2.74 bits per heavy atom. The second-order valence-electron chi connectivity index (χ2n) is 6.48. The van der Waals surface area contributed by atoms with Gasteiger partial charge in [0.2, 0.25) is 0 Å². The number of nitrogens with zero attached hydrogens (tertiary/aromatic N) is 1. The number of anilines is 1. The molecule has 148 valence electrons. The summed E-state index contributed by atoms with van der Waals surface area (Å²) in [6.07, 6.45) is 3.43. The van der Waals surface area contributed by atoms with E-state index in [4.69, 9.17) is 4.74 Å². The van der Waals surface area contributed by atoms with Crippen molar-refractivity contribution in [3.8, 4) is 11.5 Å². The molecule has 5 nitrogen and oxygen atoms in total. The van der Waals surface area contributed by atoms with Gasteiger partial charge >= 0.3 is 0 Å². The number of aromatic hydroxyl groups is 1. The van der Waals surface area contributed by atoms with Crippen molar-refractivity contribution in [1.82, 2.24) is 5.32 Å². The molecule has 0 amide bonds. The van der Waals surface area contributed by atoms with Crippen LogP contribution in [-0.4, -0.2) is 50.3 Å². The van der Waals surface area contributed by atoms with E-state index in [0.29, 0.717) is 6.54 Å². The summed E-state index contributed by atoms with van der Waals surface area (Å²) < 4.78 is 5.27. The van der Waals surface area contributed by atoms with Gasteiger partial charge in [0.15, 0.2) is 0 Å². The first-order chi connectivity index (χ1) is 13.0. The number of rotatable bonds is 11. The standard InChI is InChI=1S/C21H30N2O3S/c1-23(17-7-6-8-18(14-17)26-2)12-5-4-11-22-15-20(25)16-9-10-19(24)21(13-16)27-3/h6-10,13-14,20,22,24-25H,4-5,11-12,15H2,1-3H3. The lowest BCUT2D eigenvalue weighted by Gasteiger charge is -2.20. The highest BCUT2D eigenvalue weighted by Crippen LogP contribution is 2.29. The summed E-state index contributed by atoms with van der Waals surface area (Å²) in [7, 11) is 3.76. The monoisotopic (exact) mass is 390 g/mol. The topological polar surface area (TPSA) is 65.0 Å². The van der Waals surface area contributed by atoms with E-state index in [2.05, 4.69) is 23.3 Å². The Hall–Kier alpha value is -1.89. The number of nitrogens with one attached hydrogen (secondary N) is 1. The van der Waals surface area contributed by atoms with E-state index in [1.54, 1.807) is 19.2 Å². The van der Waals surface area contributed by atoms with Gasteiger partial charge in [-0.1, -0.05) is 12.1 Å². The molecule has 0 aliphatic carbocycles. The van der Waals surface area contributed by atoms with Crippen molar-refractivity contribution in [3.63, 3.8) is 0 Å². The predicted molar refractivity (Wildman–Crippen MR) is 113 cm³/mol. The minimum Gasteiger partial charge on any atom is -0.507 e. The van der Waals surface area contributed by atoms with Crippen molar-refractivity contribution < 1.29 is 14.9 Å². The lowest BCUT2D eigenvalue weighted by atomic mass is 10.1. The molecule has 1 unspecified atom stereocenters. The van der Waals surface area contributed by atoms with Crippen molar-refractivity contribution in [2.75, 3.05) is 44.9 Å². The predicted octanol–water partition coefficient (Wildman–Crippen LogP) is 3.66. The Labute approximate surface area is 166 Å². The molecule has 27 heavy (non-hydrogen) atoms. The van der Waals surface area contributed by atoms with Crippen molar-refractivity contribution in [1.29, 1.82) is 0 Å². The van der Waals surface area contributed by atoms with E-state index >= 15 is 0 Å². The van der Waals surface area contributed by atoms with Gasteiger partial charge in [0.05, 0.1) is 13.2 Å². The van der Waals surface area contributed by atoms with Crippen molar-refractivity contribution in [2.45, 2.75) is 23.8 Å². The summed E-state index contributed by atoms with van der Waals surface area (Å²) >= 11 is 1.47. The van der Waals surface area contributed by atoms with Crippen LogP contribution in [0, 0.1) is 0 Å². The van der Waals surface area contributed by atoms with E-state index in [0.717, 1.165) is 47.8 Å². The van der Waals surface area contributed by atoms with Gasteiger partial charge in [-0.15, -0.1) is 11.8 Å². The van der Waals surface area contributed by atoms with E-state index in [1.165, 1.54) is 11.8 Å². The van der Waals surface area contributed by atoms with Gasteiger partial charge in [-0.3, -0.25) is 0 Å². The number of aliphatic hydroxyl groups is 1. The quantitative estimate of drug-likeness (QED) is 0.402. The minimum absolute atomic E-state index is 0.256. The molecule has 6 heteroatoms. The number of unbranched alkanes of at least 4 members (excludes halogenated alkanes) is 1. The average Bonchev–Trinajstić information content (AvgIpc) is 2.70. The maximum atomic E-state index is 10.3. The zero-order valence-corrected chi connectivity index (χ0v) is 17.1. The third kappa shape index (κ3) is 6.65. The minimum atomic E-state index is -0.573. The fourth-order valence-corrected chi connectivity index (χ4v) is 3.37. The van der Waals surface area contributed by atoms with Crippen LogP contribution in [-0.2, 0) is 0 Å². The summed E-state index contributed by atoms with van der Waals surface area (Å²) in [5, 5.41) is 23.3. The van der Waals surface area contributed by atoms with Crippen LogP contribution in [0.25, 0.3) is 0 Å². The van der Waals surface area contributed by atoms with Crippen LogP contribution >= 0.6 is 11.8 Å². The van der Waals surface area contributed by atoms with Gasteiger partial charge in [0, 0.05) is 36.8 Å². The molecule has 0 saturated heterocycles.